The zero-order valence-electron chi connectivity index (χ0n) is 28.0. The minimum absolute atomic E-state index is 0.00978. The number of anilines is 1. The second-order valence-electron chi connectivity index (χ2n) is 12.5. The number of hydrogen-bond acceptors (Lipinski definition) is 6. The highest BCUT2D eigenvalue weighted by atomic mass is 32.2. The molecule has 0 saturated heterocycles. The lowest BCUT2D eigenvalue weighted by molar-refractivity contribution is 0.582. The molecule has 7 aromatic rings. The van der Waals surface area contributed by atoms with Crippen molar-refractivity contribution < 1.29 is 16.8 Å². The van der Waals surface area contributed by atoms with Gasteiger partial charge in [-0.15, -0.1) is 0 Å². The molecule has 0 aliphatic heterocycles. The third-order valence-corrected chi connectivity index (χ3v) is 12.6. The van der Waals surface area contributed by atoms with Gasteiger partial charge in [0.1, 0.15) is 11.5 Å². The van der Waals surface area contributed by atoms with Crippen LogP contribution in [-0.4, -0.2) is 49.2 Å². The highest BCUT2D eigenvalue weighted by molar-refractivity contribution is 7.92. The first-order valence-corrected chi connectivity index (χ1v) is 19.6. The number of nitrogens with zero attached hydrogens (tertiary/aromatic N) is 4. The van der Waals surface area contributed by atoms with E-state index in [1.54, 1.807) is 37.4 Å². The molecule has 3 aromatic heterocycles. The fraction of sp³-hybridized carbons (Fsp3) is 0.179. The van der Waals surface area contributed by atoms with Gasteiger partial charge in [-0.2, -0.15) is 0 Å². The van der Waals surface area contributed by atoms with Gasteiger partial charge in [0.2, 0.25) is 10.0 Å². The first-order valence-electron chi connectivity index (χ1n) is 16.3. The lowest BCUT2D eigenvalue weighted by Crippen LogP contribution is -2.29. The van der Waals surface area contributed by atoms with Crippen LogP contribution in [0.1, 0.15) is 23.5 Å². The molecule has 4 aromatic carbocycles. The summed E-state index contributed by atoms with van der Waals surface area (Å²) in [5.74, 6) is 0.750. The first kappa shape index (κ1) is 33.2. The van der Waals surface area contributed by atoms with Crippen LogP contribution < -0.4 is 4.31 Å². The van der Waals surface area contributed by atoms with Crippen LogP contribution in [0.5, 0.6) is 0 Å². The van der Waals surface area contributed by atoms with E-state index in [-0.39, 0.29) is 16.4 Å². The van der Waals surface area contributed by atoms with Crippen molar-refractivity contribution in [3.63, 3.8) is 0 Å². The normalized spacial score (nSPS) is 12.1. The maximum absolute atomic E-state index is 13.3. The van der Waals surface area contributed by atoms with E-state index < -0.39 is 19.9 Å². The van der Waals surface area contributed by atoms with Gasteiger partial charge in [0.05, 0.1) is 27.8 Å². The van der Waals surface area contributed by atoms with Gasteiger partial charge in [0.15, 0.2) is 9.84 Å². The predicted molar refractivity (Wildman–Crippen MR) is 200 cm³/mol. The van der Waals surface area contributed by atoms with E-state index in [1.165, 1.54) is 4.31 Å². The molecule has 0 unspecified atom stereocenters. The number of imidazole rings is 1. The van der Waals surface area contributed by atoms with Crippen LogP contribution in [0.25, 0.3) is 44.2 Å². The quantitative estimate of drug-likeness (QED) is 0.148. The lowest BCUT2D eigenvalue weighted by atomic mass is 9.92. The molecule has 9 nitrogen and oxygen atoms in total. The van der Waals surface area contributed by atoms with E-state index in [0.29, 0.717) is 29.9 Å². The zero-order chi connectivity index (χ0) is 35.0. The Labute approximate surface area is 292 Å². The van der Waals surface area contributed by atoms with Crippen LogP contribution in [0.2, 0.25) is 0 Å². The van der Waals surface area contributed by atoms with Crippen molar-refractivity contribution in [3.05, 3.63) is 133 Å². The fourth-order valence-electron chi connectivity index (χ4n) is 6.51. The molecular formula is C39H37N5O4S2. The molecule has 0 atom stereocenters. The summed E-state index contributed by atoms with van der Waals surface area (Å²) in [7, 11) is -5.52. The van der Waals surface area contributed by atoms with E-state index in [4.69, 9.17) is 4.98 Å². The van der Waals surface area contributed by atoms with Crippen molar-refractivity contribution in [2.75, 3.05) is 17.1 Å². The van der Waals surface area contributed by atoms with Crippen LogP contribution in [-0.2, 0) is 32.2 Å². The van der Waals surface area contributed by atoms with Gasteiger partial charge < -0.3 is 9.55 Å². The second kappa shape index (κ2) is 13.2. The molecular weight excluding hydrogens is 667 g/mol. The number of pyridine rings is 1. The molecule has 0 aliphatic rings. The number of nitrogens with one attached hydrogen (secondary N) is 1. The van der Waals surface area contributed by atoms with Gasteiger partial charge in [-0.1, -0.05) is 66.7 Å². The van der Waals surface area contributed by atoms with E-state index in [2.05, 4.69) is 9.97 Å². The van der Waals surface area contributed by atoms with E-state index in [1.807, 2.05) is 104 Å². The lowest BCUT2D eigenvalue weighted by Gasteiger charge is -2.20. The third kappa shape index (κ3) is 6.54. The summed E-state index contributed by atoms with van der Waals surface area (Å²) in [4.78, 5) is 12.9. The fourth-order valence-corrected chi connectivity index (χ4v) is 9.07. The zero-order valence-corrected chi connectivity index (χ0v) is 29.7. The molecule has 254 valence electrons. The number of aromatic amines is 1. The molecule has 3 heterocycles. The number of fused-ring (bicyclic) bond motifs is 3. The molecule has 0 bridgehead atoms. The van der Waals surface area contributed by atoms with Crippen molar-refractivity contribution in [2.45, 2.75) is 37.5 Å². The molecule has 1 N–H and O–H groups in total. The van der Waals surface area contributed by atoms with Gasteiger partial charge in [0.25, 0.3) is 0 Å². The van der Waals surface area contributed by atoms with Crippen molar-refractivity contribution >= 4 is 47.5 Å². The summed E-state index contributed by atoms with van der Waals surface area (Å²) in [6.45, 7) is 4.42. The largest absolute Gasteiger partial charge is 0.339 e. The summed E-state index contributed by atoms with van der Waals surface area (Å²) in [5.41, 5.74) is 7.36. The van der Waals surface area contributed by atoms with E-state index in [9.17, 15) is 16.8 Å². The summed E-state index contributed by atoms with van der Waals surface area (Å²) >= 11 is 0. The van der Waals surface area contributed by atoms with Crippen LogP contribution in [0.4, 0.5) is 5.69 Å². The monoisotopic (exact) mass is 703 g/mol. The molecule has 7 rings (SSSR count). The number of aromatic nitrogens is 4. The first-order chi connectivity index (χ1) is 24.0. The molecule has 50 heavy (non-hydrogen) atoms. The van der Waals surface area contributed by atoms with Gasteiger partial charge in [-0.25, -0.2) is 26.8 Å². The number of aryl methyl sites for hydroxylation is 3. The number of benzene rings is 4. The summed E-state index contributed by atoms with van der Waals surface area (Å²) in [6.07, 6.45) is 4.24. The third-order valence-electron chi connectivity index (χ3n) is 9.06. The molecule has 0 aliphatic carbocycles. The van der Waals surface area contributed by atoms with Crippen LogP contribution in [0.15, 0.2) is 120 Å². The Hall–Kier alpha value is -5.26. The summed E-state index contributed by atoms with van der Waals surface area (Å²) in [5, 5.41) is 1.76. The van der Waals surface area contributed by atoms with Gasteiger partial charge in [0, 0.05) is 53.4 Å². The minimum Gasteiger partial charge on any atom is -0.339 e. The van der Waals surface area contributed by atoms with E-state index in [0.717, 1.165) is 50.1 Å². The molecule has 0 spiro atoms. The van der Waals surface area contributed by atoms with Crippen molar-refractivity contribution in [1.29, 1.82) is 0 Å². The maximum atomic E-state index is 13.3. The highest BCUT2D eigenvalue weighted by Crippen LogP contribution is 2.41. The molecule has 11 heteroatoms. The smallest absolute Gasteiger partial charge is 0.234 e. The van der Waals surface area contributed by atoms with Crippen molar-refractivity contribution in [2.24, 2.45) is 0 Å². The Morgan fingerprint density at radius 1 is 0.820 bits per heavy atom. The Morgan fingerprint density at radius 2 is 1.52 bits per heavy atom. The van der Waals surface area contributed by atoms with Crippen molar-refractivity contribution in [1.82, 2.24) is 19.5 Å². The Kier molecular flexibility index (Phi) is 8.79. The molecule has 0 fully saturated rings. The van der Waals surface area contributed by atoms with E-state index >= 15 is 0 Å². The number of rotatable bonds is 11. The number of sulfone groups is 1. The van der Waals surface area contributed by atoms with Crippen molar-refractivity contribution in [3.8, 4) is 22.3 Å². The van der Waals surface area contributed by atoms with Crippen LogP contribution in [0, 0.1) is 13.8 Å². The Morgan fingerprint density at radius 3 is 2.20 bits per heavy atom. The molecule has 0 radical (unpaired) electrons. The number of sulfonamides is 1. The number of hydrogen-bond donors (Lipinski definition) is 1. The summed E-state index contributed by atoms with van der Waals surface area (Å²) in [6, 6.07) is 31.7. The van der Waals surface area contributed by atoms with Crippen LogP contribution in [0.3, 0.4) is 0 Å². The second-order valence-corrected chi connectivity index (χ2v) is 16.6. The predicted octanol–water partition coefficient (Wildman–Crippen LogP) is 7.69. The summed E-state index contributed by atoms with van der Waals surface area (Å²) < 4.78 is 56.4. The number of H-pyrrole nitrogens is 1. The highest BCUT2D eigenvalue weighted by Gasteiger charge is 2.22. The van der Waals surface area contributed by atoms with Gasteiger partial charge in [-0.3, -0.25) is 4.31 Å². The topological polar surface area (TPSA) is 118 Å². The SMILES string of the molecule is Cc1cn(CCCS(=O)(=O)N(C)c2ccc(-c3cnc4[nH]c5ccc(CS(=O)(=O)c6ccccc6)cc5c4c3-c3ccccc3)cc2)c(C)n1. The standard InChI is InChI=1S/C39H37N5O4S2/c1-27-25-44(28(2)41-27)21-10-22-50(47,48)43(3)32-18-16-30(17-19-32)35-24-40-39-38(37(35)31-11-6-4-7-12-31)34-23-29(15-20-36(34)42-39)26-49(45,46)33-13-8-5-9-14-33/h4-9,11-20,23-25H,10,21-22,26H2,1-3H3,(H,40,42). The van der Waals surface area contributed by atoms with Gasteiger partial charge >= 0.3 is 0 Å². The minimum atomic E-state index is -3.56. The van der Waals surface area contributed by atoms with Crippen LogP contribution >= 0.6 is 0 Å². The average Bonchev–Trinajstić information content (AvgIpc) is 3.65. The molecule has 0 saturated carbocycles. The Bertz CT molecular complexity index is 2550. The Balaban J connectivity index is 1.23. The molecule has 0 amide bonds. The average molecular weight is 704 g/mol. The van der Waals surface area contributed by atoms with Gasteiger partial charge in [-0.05, 0) is 73.4 Å². The maximum Gasteiger partial charge on any atom is 0.234 e.